The molecular formula is C19H18N6O3S. The van der Waals surface area contributed by atoms with Crippen molar-refractivity contribution in [2.24, 2.45) is 5.73 Å². The zero-order chi connectivity index (χ0) is 20.6. The van der Waals surface area contributed by atoms with E-state index in [2.05, 4.69) is 10.2 Å². The molecule has 0 bridgehead atoms. The molecule has 0 saturated heterocycles. The number of anilines is 1. The SMILES string of the molecule is N#CCN(C(=O)CSc1nnc(-c2ccco2)n1CCC(N)=O)c1ccccc1. The second-order valence-corrected chi connectivity index (χ2v) is 6.86. The van der Waals surface area contributed by atoms with Gasteiger partial charge in [-0.05, 0) is 24.3 Å². The van der Waals surface area contributed by atoms with Crippen LogP contribution < -0.4 is 10.6 Å². The molecule has 0 unspecified atom stereocenters. The highest BCUT2D eigenvalue weighted by molar-refractivity contribution is 7.99. The molecule has 2 heterocycles. The standard InChI is InChI=1S/C19H18N6O3S/c20-9-11-24(14-5-2-1-3-6-14)17(27)13-29-19-23-22-18(15-7-4-12-28-15)25(19)10-8-16(21)26/h1-7,12H,8,10-11,13H2,(H2,21,26). The number of benzene rings is 1. The molecule has 10 heteroatoms. The van der Waals surface area contributed by atoms with Crippen molar-refractivity contribution in [1.29, 1.82) is 5.26 Å². The highest BCUT2D eigenvalue weighted by atomic mass is 32.2. The number of para-hydroxylation sites is 1. The van der Waals surface area contributed by atoms with Gasteiger partial charge in [-0.25, -0.2) is 0 Å². The molecule has 148 valence electrons. The molecule has 2 N–H and O–H groups in total. The molecule has 0 aliphatic carbocycles. The average Bonchev–Trinajstić information content (AvgIpc) is 3.38. The van der Waals surface area contributed by atoms with Crippen LogP contribution in [0.25, 0.3) is 11.6 Å². The first-order valence-electron chi connectivity index (χ1n) is 8.70. The van der Waals surface area contributed by atoms with Crippen LogP contribution in [0.4, 0.5) is 5.69 Å². The maximum absolute atomic E-state index is 12.7. The minimum atomic E-state index is -0.458. The fourth-order valence-corrected chi connectivity index (χ4v) is 3.45. The Labute approximate surface area is 171 Å². The van der Waals surface area contributed by atoms with Crippen molar-refractivity contribution in [2.75, 3.05) is 17.2 Å². The lowest BCUT2D eigenvalue weighted by atomic mass is 10.3. The molecule has 1 aromatic carbocycles. The molecule has 0 spiro atoms. The summed E-state index contributed by atoms with van der Waals surface area (Å²) in [6.45, 7) is 0.199. The van der Waals surface area contributed by atoms with Crippen molar-refractivity contribution in [1.82, 2.24) is 14.8 Å². The number of hydrogen-bond acceptors (Lipinski definition) is 7. The average molecular weight is 410 g/mol. The van der Waals surface area contributed by atoms with Crippen molar-refractivity contribution >= 4 is 29.3 Å². The van der Waals surface area contributed by atoms with Crippen molar-refractivity contribution in [3.63, 3.8) is 0 Å². The summed E-state index contributed by atoms with van der Waals surface area (Å²) < 4.78 is 7.07. The highest BCUT2D eigenvalue weighted by Crippen LogP contribution is 2.25. The van der Waals surface area contributed by atoms with Gasteiger partial charge in [0.1, 0.15) is 6.54 Å². The van der Waals surface area contributed by atoms with E-state index in [0.717, 1.165) is 0 Å². The summed E-state index contributed by atoms with van der Waals surface area (Å²) in [6.07, 6.45) is 1.61. The predicted molar refractivity (Wildman–Crippen MR) is 107 cm³/mol. The zero-order valence-electron chi connectivity index (χ0n) is 15.4. The summed E-state index contributed by atoms with van der Waals surface area (Å²) >= 11 is 1.17. The van der Waals surface area contributed by atoms with Crippen LogP contribution in [0.15, 0.2) is 58.3 Å². The van der Waals surface area contributed by atoms with E-state index in [1.807, 2.05) is 12.1 Å². The topological polar surface area (TPSA) is 131 Å². The van der Waals surface area contributed by atoms with E-state index >= 15 is 0 Å². The van der Waals surface area contributed by atoms with Gasteiger partial charge in [-0.15, -0.1) is 10.2 Å². The van der Waals surface area contributed by atoms with Crippen LogP contribution in [-0.2, 0) is 16.1 Å². The lowest BCUT2D eigenvalue weighted by molar-refractivity contribution is -0.118. The molecule has 0 aliphatic heterocycles. The van der Waals surface area contributed by atoms with Crippen LogP contribution in [0.5, 0.6) is 0 Å². The lowest BCUT2D eigenvalue weighted by Gasteiger charge is -2.19. The maximum atomic E-state index is 12.7. The van der Waals surface area contributed by atoms with Gasteiger partial charge in [0.15, 0.2) is 16.7 Å². The molecule has 9 nitrogen and oxygen atoms in total. The number of aromatic nitrogens is 3. The molecule has 29 heavy (non-hydrogen) atoms. The first-order valence-corrected chi connectivity index (χ1v) is 9.69. The summed E-state index contributed by atoms with van der Waals surface area (Å²) in [5.74, 6) is 0.287. The lowest BCUT2D eigenvalue weighted by Crippen LogP contribution is -2.32. The number of nitrogens with zero attached hydrogens (tertiary/aromatic N) is 5. The number of amides is 2. The third-order valence-electron chi connectivity index (χ3n) is 3.96. The van der Waals surface area contributed by atoms with Gasteiger partial charge in [-0.1, -0.05) is 30.0 Å². The van der Waals surface area contributed by atoms with Gasteiger partial charge in [-0.3, -0.25) is 19.1 Å². The highest BCUT2D eigenvalue weighted by Gasteiger charge is 2.20. The van der Waals surface area contributed by atoms with Crippen LogP contribution in [0, 0.1) is 11.3 Å². The van der Waals surface area contributed by atoms with E-state index in [0.29, 0.717) is 22.4 Å². The molecule has 0 fully saturated rings. The number of carbonyl (C=O) groups excluding carboxylic acids is 2. The van der Waals surface area contributed by atoms with E-state index in [4.69, 9.17) is 15.4 Å². The Bertz CT molecular complexity index is 1010. The fraction of sp³-hybridized carbons (Fsp3) is 0.211. The molecule has 0 radical (unpaired) electrons. The number of carbonyl (C=O) groups is 2. The number of nitriles is 1. The molecule has 3 aromatic rings. The van der Waals surface area contributed by atoms with E-state index in [1.54, 1.807) is 41.0 Å². The van der Waals surface area contributed by atoms with Crippen molar-refractivity contribution in [3.8, 4) is 17.7 Å². The third-order valence-corrected chi connectivity index (χ3v) is 4.91. The summed E-state index contributed by atoms with van der Waals surface area (Å²) in [5, 5.41) is 17.8. The Morgan fingerprint density at radius 1 is 1.21 bits per heavy atom. The third kappa shape index (κ3) is 5.03. The van der Waals surface area contributed by atoms with E-state index in [1.165, 1.54) is 22.9 Å². The summed E-state index contributed by atoms with van der Waals surface area (Å²) in [7, 11) is 0. The molecular weight excluding hydrogens is 392 g/mol. The van der Waals surface area contributed by atoms with Gasteiger partial charge in [0.25, 0.3) is 0 Å². The smallest absolute Gasteiger partial charge is 0.238 e. The van der Waals surface area contributed by atoms with Crippen molar-refractivity contribution in [2.45, 2.75) is 18.1 Å². The first kappa shape index (κ1) is 20.2. The summed E-state index contributed by atoms with van der Waals surface area (Å²) in [4.78, 5) is 25.4. The summed E-state index contributed by atoms with van der Waals surface area (Å²) in [5.41, 5.74) is 5.92. The Kier molecular flexibility index (Phi) is 6.65. The zero-order valence-corrected chi connectivity index (χ0v) is 16.2. The second kappa shape index (κ2) is 9.57. The minimum Gasteiger partial charge on any atom is -0.461 e. The molecule has 3 rings (SSSR count). The normalized spacial score (nSPS) is 10.4. The van der Waals surface area contributed by atoms with Gasteiger partial charge in [0.05, 0.1) is 18.1 Å². The van der Waals surface area contributed by atoms with Gasteiger partial charge >= 0.3 is 0 Å². The molecule has 0 saturated carbocycles. The molecule has 2 amide bonds. The van der Waals surface area contributed by atoms with E-state index in [9.17, 15) is 9.59 Å². The summed E-state index contributed by atoms with van der Waals surface area (Å²) in [6, 6.07) is 14.4. The predicted octanol–water partition coefficient (Wildman–Crippen LogP) is 2.06. The fourth-order valence-electron chi connectivity index (χ4n) is 2.61. The van der Waals surface area contributed by atoms with Gasteiger partial charge in [-0.2, -0.15) is 5.26 Å². The van der Waals surface area contributed by atoms with Gasteiger partial charge in [0.2, 0.25) is 11.8 Å². The molecule has 0 aliphatic rings. The van der Waals surface area contributed by atoms with Gasteiger partial charge in [0, 0.05) is 18.7 Å². The van der Waals surface area contributed by atoms with Crippen LogP contribution in [0.2, 0.25) is 0 Å². The van der Waals surface area contributed by atoms with E-state index < -0.39 is 5.91 Å². The van der Waals surface area contributed by atoms with Crippen molar-refractivity contribution < 1.29 is 14.0 Å². The number of rotatable bonds is 9. The van der Waals surface area contributed by atoms with E-state index in [-0.39, 0.29) is 31.2 Å². The molecule has 0 atom stereocenters. The Balaban J connectivity index is 1.77. The number of hydrogen-bond donors (Lipinski definition) is 1. The number of furan rings is 1. The quantitative estimate of drug-likeness (QED) is 0.422. The largest absolute Gasteiger partial charge is 0.461 e. The molecule has 2 aromatic heterocycles. The monoisotopic (exact) mass is 410 g/mol. The number of nitrogens with two attached hydrogens (primary N) is 1. The second-order valence-electron chi connectivity index (χ2n) is 5.91. The maximum Gasteiger partial charge on any atom is 0.238 e. The Hall–Kier alpha value is -3.58. The number of thioether (sulfide) groups is 1. The number of primary amides is 1. The van der Waals surface area contributed by atoms with Gasteiger partial charge < -0.3 is 10.2 Å². The van der Waals surface area contributed by atoms with Crippen molar-refractivity contribution in [3.05, 3.63) is 48.7 Å². The van der Waals surface area contributed by atoms with Crippen LogP contribution in [-0.4, -0.2) is 38.9 Å². The Morgan fingerprint density at radius 2 is 2.00 bits per heavy atom. The van der Waals surface area contributed by atoms with Crippen LogP contribution >= 0.6 is 11.8 Å². The first-order chi connectivity index (χ1) is 14.1. The van der Waals surface area contributed by atoms with Crippen LogP contribution in [0.3, 0.4) is 0 Å². The minimum absolute atomic E-state index is 0.0451. The van der Waals surface area contributed by atoms with Crippen LogP contribution in [0.1, 0.15) is 6.42 Å². The Morgan fingerprint density at radius 3 is 2.66 bits per heavy atom.